The molecule has 1 atom stereocenters. The molecule has 0 radical (unpaired) electrons. The number of nitrogens with two attached hydrogens (primary N) is 1. The zero-order chi connectivity index (χ0) is 10.1. The highest BCUT2D eigenvalue weighted by Gasteiger charge is 2.20. The van der Waals surface area contributed by atoms with Gasteiger partial charge in [-0.2, -0.15) is 0 Å². The van der Waals surface area contributed by atoms with Gasteiger partial charge in [0.25, 0.3) is 0 Å². The third-order valence-electron chi connectivity index (χ3n) is 3.10. The number of halogens is 1. The van der Waals surface area contributed by atoms with Crippen molar-refractivity contribution in [1.82, 2.24) is 0 Å². The quantitative estimate of drug-likeness (QED) is 0.767. The number of hydrogen-bond donors (Lipinski definition) is 1. The predicted molar refractivity (Wildman–Crippen MR) is 55.6 cm³/mol. The first-order valence-corrected chi connectivity index (χ1v) is 5.29. The maximum absolute atomic E-state index is 13.4. The Morgan fingerprint density at radius 1 is 1.36 bits per heavy atom. The van der Waals surface area contributed by atoms with Crippen LogP contribution in [0.25, 0.3) is 0 Å². The van der Waals surface area contributed by atoms with Crippen molar-refractivity contribution < 1.29 is 4.39 Å². The van der Waals surface area contributed by atoms with Crippen molar-refractivity contribution in [3.8, 4) is 0 Å². The van der Waals surface area contributed by atoms with Gasteiger partial charge in [0, 0.05) is 6.04 Å². The first kappa shape index (κ1) is 9.66. The van der Waals surface area contributed by atoms with Gasteiger partial charge >= 0.3 is 0 Å². The number of benzene rings is 1. The highest BCUT2D eigenvalue weighted by Crippen LogP contribution is 2.31. The minimum absolute atomic E-state index is 0.0513. The molecular weight excluding hydrogens is 177 g/mol. The van der Waals surface area contributed by atoms with Crippen molar-refractivity contribution in [1.29, 1.82) is 0 Å². The molecule has 0 spiro atoms. The Bertz CT molecular complexity index is 346. The van der Waals surface area contributed by atoms with Crippen LogP contribution in [0.2, 0.25) is 0 Å². The van der Waals surface area contributed by atoms with Crippen LogP contribution in [0.5, 0.6) is 0 Å². The second kappa shape index (κ2) is 3.70. The number of rotatable bonds is 2. The Balaban J connectivity index is 2.48. The smallest absolute Gasteiger partial charge is 0.126 e. The lowest BCUT2D eigenvalue weighted by molar-refractivity contribution is 0.608. The van der Waals surface area contributed by atoms with Gasteiger partial charge in [0.2, 0.25) is 0 Å². The van der Waals surface area contributed by atoms with Crippen molar-refractivity contribution in [3.63, 3.8) is 0 Å². The monoisotopic (exact) mass is 193 g/mol. The predicted octanol–water partition coefficient (Wildman–Crippen LogP) is 2.72. The molecule has 0 unspecified atom stereocenters. The maximum Gasteiger partial charge on any atom is 0.126 e. The summed E-state index contributed by atoms with van der Waals surface area (Å²) in [5.74, 6) is -0.0513. The van der Waals surface area contributed by atoms with E-state index in [1.54, 1.807) is 6.07 Å². The zero-order valence-electron chi connectivity index (χ0n) is 8.52. The van der Waals surface area contributed by atoms with Crippen LogP contribution in [-0.2, 0) is 12.8 Å². The molecule has 0 saturated carbocycles. The third-order valence-corrected chi connectivity index (χ3v) is 3.10. The molecule has 0 aliphatic heterocycles. The van der Waals surface area contributed by atoms with Crippen LogP contribution in [0.4, 0.5) is 4.39 Å². The van der Waals surface area contributed by atoms with E-state index in [4.69, 9.17) is 5.73 Å². The molecule has 2 rings (SSSR count). The molecule has 0 bridgehead atoms. The fourth-order valence-electron chi connectivity index (χ4n) is 2.26. The third kappa shape index (κ3) is 1.44. The first-order valence-electron chi connectivity index (χ1n) is 5.29. The molecule has 1 nitrogen and oxygen atoms in total. The lowest BCUT2D eigenvalue weighted by Gasteiger charge is -2.14. The molecule has 14 heavy (non-hydrogen) atoms. The Labute approximate surface area is 84.1 Å². The van der Waals surface area contributed by atoms with Crippen molar-refractivity contribution in [2.45, 2.75) is 38.6 Å². The summed E-state index contributed by atoms with van der Waals surface area (Å²) in [4.78, 5) is 0. The summed E-state index contributed by atoms with van der Waals surface area (Å²) in [6.07, 6.45) is 3.86. The first-order chi connectivity index (χ1) is 6.74. The highest BCUT2D eigenvalue weighted by atomic mass is 19.1. The minimum atomic E-state index is -0.0513. The van der Waals surface area contributed by atoms with E-state index < -0.39 is 0 Å². The van der Waals surface area contributed by atoms with Gasteiger partial charge in [-0.1, -0.05) is 13.0 Å². The van der Waals surface area contributed by atoms with Crippen molar-refractivity contribution in [2.24, 2.45) is 5.73 Å². The highest BCUT2D eigenvalue weighted by molar-refractivity contribution is 5.41. The Morgan fingerprint density at radius 3 is 2.79 bits per heavy atom. The normalized spacial score (nSPS) is 16.8. The van der Waals surface area contributed by atoms with Crippen LogP contribution >= 0.6 is 0 Å². The van der Waals surface area contributed by atoms with Crippen LogP contribution in [0, 0.1) is 5.82 Å². The van der Waals surface area contributed by atoms with Gasteiger partial charge in [0.05, 0.1) is 0 Å². The average Bonchev–Trinajstić information content (AvgIpc) is 2.67. The Hall–Kier alpha value is -0.890. The van der Waals surface area contributed by atoms with Crippen molar-refractivity contribution in [3.05, 3.63) is 34.6 Å². The van der Waals surface area contributed by atoms with Gasteiger partial charge in [-0.25, -0.2) is 4.39 Å². The molecule has 0 amide bonds. The minimum Gasteiger partial charge on any atom is -0.324 e. The van der Waals surface area contributed by atoms with Gasteiger partial charge in [-0.3, -0.25) is 0 Å². The van der Waals surface area contributed by atoms with Gasteiger partial charge in [0.1, 0.15) is 5.82 Å². The fourth-order valence-corrected chi connectivity index (χ4v) is 2.26. The van der Waals surface area contributed by atoms with E-state index in [9.17, 15) is 4.39 Å². The van der Waals surface area contributed by atoms with Crippen LogP contribution in [-0.4, -0.2) is 0 Å². The number of hydrogen-bond acceptors (Lipinski definition) is 1. The standard InChI is InChI=1S/C12H16FN/c1-2-12(14)10-6-7-11(13)9-5-3-4-8(9)10/h6-7,12H,2-5,14H2,1H3/t12-/m1/s1. The molecule has 1 aromatic carbocycles. The van der Waals surface area contributed by atoms with Crippen molar-refractivity contribution >= 4 is 0 Å². The van der Waals surface area contributed by atoms with Crippen LogP contribution < -0.4 is 5.73 Å². The molecular formula is C12H16FN. The van der Waals surface area contributed by atoms with Gasteiger partial charge in [0.15, 0.2) is 0 Å². The topological polar surface area (TPSA) is 26.0 Å². The van der Waals surface area contributed by atoms with Crippen LogP contribution in [0.15, 0.2) is 12.1 Å². The Kier molecular flexibility index (Phi) is 2.55. The molecule has 0 aromatic heterocycles. The molecule has 76 valence electrons. The van der Waals surface area contributed by atoms with Crippen molar-refractivity contribution in [2.75, 3.05) is 0 Å². The van der Waals surface area contributed by atoms with E-state index in [1.165, 1.54) is 5.56 Å². The molecule has 0 saturated heterocycles. The average molecular weight is 193 g/mol. The summed E-state index contributed by atoms with van der Waals surface area (Å²) in [6, 6.07) is 3.49. The van der Waals surface area contributed by atoms with E-state index >= 15 is 0 Å². The summed E-state index contributed by atoms with van der Waals surface area (Å²) < 4.78 is 13.4. The largest absolute Gasteiger partial charge is 0.324 e. The molecule has 1 aliphatic rings. The summed E-state index contributed by atoms with van der Waals surface area (Å²) in [5.41, 5.74) is 9.24. The van der Waals surface area contributed by atoms with Gasteiger partial charge in [-0.15, -0.1) is 0 Å². The second-order valence-electron chi connectivity index (χ2n) is 3.96. The summed E-state index contributed by atoms with van der Waals surface area (Å²) in [5, 5.41) is 0. The fraction of sp³-hybridized carbons (Fsp3) is 0.500. The van der Waals surface area contributed by atoms with Crippen LogP contribution in [0.1, 0.15) is 42.5 Å². The number of fused-ring (bicyclic) bond motifs is 1. The van der Waals surface area contributed by atoms with E-state index in [-0.39, 0.29) is 11.9 Å². The Morgan fingerprint density at radius 2 is 2.07 bits per heavy atom. The molecule has 0 heterocycles. The lowest BCUT2D eigenvalue weighted by Crippen LogP contribution is -2.11. The summed E-state index contributed by atoms with van der Waals surface area (Å²) >= 11 is 0. The van der Waals surface area contributed by atoms with E-state index in [1.807, 2.05) is 6.07 Å². The van der Waals surface area contributed by atoms with E-state index in [0.29, 0.717) is 0 Å². The van der Waals surface area contributed by atoms with Gasteiger partial charge in [-0.05, 0) is 48.4 Å². The molecule has 2 N–H and O–H groups in total. The second-order valence-corrected chi connectivity index (χ2v) is 3.96. The molecule has 1 aliphatic carbocycles. The van der Waals surface area contributed by atoms with E-state index in [0.717, 1.165) is 36.8 Å². The molecule has 1 aromatic rings. The summed E-state index contributed by atoms with van der Waals surface area (Å²) in [7, 11) is 0. The van der Waals surface area contributed by atoms with Gasteiger partial charge < -0.3 is 5.73 Å². The maximum atomic E-state index is 13.4. The van der Waals surface area contributed by atoms with Crippen LogP contribution in [0.3, 0.4) is 0 Å². The molecule has 2 heteroatoms. The van der Waals surface area contributed by atoms with E-state index in [2.05, 4.69) is 6.92 Å². The SMILES string of the molecule is CC[C@@H](N)c1ccc(F)c2c1CCC2. The summed E-state index contributed by atoms with van der Waals surface area (Å²) in [6.45, 7) is 2.06. The zero-order valence-corrected chi connectivity index (χ0v) is 8.52. The molecule has 0 fully saturated rings. The lowest BCUT2D eigenvalue weighted by atomic mass is 9.96.